The maximum Gasteiger partial charge on any atom is 0.126 e. The van der Waals surface area contributed by atoms with Crippen molar-refractivity contribution < 1.29 is 4.39 Å². The van der Waals surface area contributed by atoms with Crippen LogP contribution in [0.25, 0.3) is 11.3 Å². The van der Waals surface area contributed by atoms with Crippen LogP contribution in [0.4, 0.5) is 16.0 Å². The maximum atomic E-state index is 13.4. The summed E-state index contributed by atoms with van der Waals surface area (Å²) in [4.78, 5) is 9.11. The van der Waals surface area contributed by atoms with E-state index in [1.807, 2.05) is 30.3 Å². The third-order valence-corrected chi connectivity index (χ3v) is 6.01. The normalized spacial score (nSPS) is 18.5. The Morgan fingerprint density at radius 2 is 1.81 bits per heavy atom. The average molecular weight is 440 g/mol. The largest absolute Gasteiger partial charge is 0.370 e. The molecule has 1 saturated carbocycles. The minimum absolute atomic E-state index is 0.249. The maximum absolute atomic E-state index is 13.4. The van der Waals surface area contributed by atoms with Crippen LogP contribution in [-0.2, 0) is 6.54 Å². The first-order chi connectivity index (χ1) is 15.1. The quantitative estimate of drug-likeness (QED) is 0.454. The summed E-state index contributed by atoms with van der Waals surface area (Å²) in [6.45, 7) is 1.36. The molecule has 5 nitrogen and oxygen atoms in total. The molecule has 3 aromatic rings. The van der Waals surface area contributed by atoms with Crippen molar-refractivity contribution in [2.24, 2.45) is 11.7 Å². The number of rotatable bonds is 7. The highest BCUT2D eigenvalue weighted by Crippen LogP contribution is 2.29. The molecule has 7 heteroatoms. The predicted molar refractivity (Wildman–Crippen MR) is 125 cm³/mol. The topological polar surface area (TPSA) is 75.9 Å². The van der Waals surface area contributed by atoms with Gasteiger partial charge in [-0.05, 0) is 67.5 Å². The van der Waals surface area contributed by atoms with E-state index in [2.05, 4.69) is 20.6 Å². The second-order valence-corrected chi connectivity index (χ2v) is 8.51. The Bertz CT molecular complexity index is 1020. The van der Waals surface area contributed by atoms with E-state index in [1.54, 1.807) is 12.3 Å². The Morgan fingerprint density at radius 3 is 2.61 bits per heavy atom. The fourth-order valence-electron chi connectivity index (χ4n) is 3.90. The number of aromatic nitrogens is 2. The Morgan fingerprint density at radius 1 is 1.00 bits per heavy atom. The summed E-state index contributed by atoms with van der Waals surface area (Å²) >= 11 is 6.43. The van der Waals surface area contributed by atoms with Gasteiger partial charge in [0.2, 0.25) is 0 Å². The van der Waals surface area contributed by atoms with Crippen molar-refractivity contribution in [1.82, 2.24) is 9.97 Å². The molecular formula is C24H27ClFN5. The molecule has 0 radical (unpaired) electrons. The van der Waals surface area contributed by atoms with E-state index in [1.165, 1.54) is 12.1 Å². The van der Waals surface area contributed by atoms with Gasteiger partial charge < -0.3 is 16.4 Å². The highest BCUT2D eigenvalue weighted by molar-refractivity contribution is 6.33. The monoisotopic (exact) mass is 439 g/mol. The number of anilines is 2. The van der Waals surface area contributed by atoms with Crippen molar-refractivity contribution in [2.45, 2.75) is 38.3 Å². The van der Waals surface area contributed by atoms with Crippen LogP contribution in [0.1, 0.15) is 31.2 Å². The zero-order valence-electron chi connectivity index (χ0n) is 17.3. The lowest BCUT2D eigenvalue weighted by Gasteiger charge is -2.26. The summed E-state index contributed by atoms with van der Waals surface area (Å²) in [6.07, 6.45) is 6.13. The number of nitrogens with two attached hydrogens (primary N) is 1. The fourth-order valence-corrected chi connectivity index (χ4v) is 4.10. The molecule has 4 N–H and O–H groups in total. The standard InChI is InChI=1S/C24H27ClFN5/c25-21-15-30-24(29-13-16-7-9-19(27)10-8-16)12-20(21)22-5-2-6-23(31-22)28-14-17-3-1-4-18(26)11-17/h1-6,11-12,15-16,19H,7-10,13-14,27H2,(H,28,31)(H,29,30)/t16-,19-. The van der Waals surface area contributed by atoms with Gasteiger partial charge in [0.25, 0.3) is 0 Å². The zero-order chi connectivity index (χ0) is 21.6. The molecule has 0 amide bonds. The minimum Gasteiger partial charge on any atom is -0.370 e. The van der Waals surface area contributed by atoms with Gasteiger partial charge in [-0.15, -0.1) is 0 Å². The second-order valence-electron chi connectivity index (χ2n) is 8.10. The molecule has 2 heterocycles. The summed E-state index contributed by atoms with van der Waals surface area (Å²) in [7, 11) is 0. The Labute approximate surface area is 187 Å². The van der Waals surface area contributed by atoms with Gasteiger partial charge in [0.15, 0.2) is 0 Å². The Hall–Kier alpha value is -2.70. The fraction of sp³-hybridized carbons (Fsp3) is 0.333. The van der Waals surface area contributed by atoms with Gasteiger partial charge in [-0.25, -0.2) is 14.4 Å². The van der Waals surface area contributed by atoms with E-state index in [4.69, 9.17) is 17.3 Å². The molecule has 31 heavy (non-hydrogen) atoms. The first kappa shape index (κ1) is 21.5. The molecule has 4 rings (SSSR count). The van der Waals surface area contributed by atoms with Crippen molar-refractivity contribution in [2.75, 3.05) is 17.2 Å². The number of hydrogen-bond donors (Lipinski definition) is 3. The van der Waals surface area contributed by atoms with Crippen LogP contribution in [0.5, 0.6) is 0 Å². The number of pyridine rings is 2. The lowest BCUT2D eigenvalue weighted by atomic mass is 9.86. The third-order valence-electron chi connectivity index (χ3n) is 5.71. The lowest BCUT2D eigenvalue weighted by molar-refractivity contribution is 0.338. The minimum atomic E-state index is -0.249. The average Bonchev–Trinajstić information content (AvgIpc) is 2.78. The summed E-state index contributed by atoms with van der Waals surface area (Å²) in [5.41, 5.74) is 8.43. The molecule has 1 aromatic carbocycles. The summed E-state index contributed by atoms with van der Waals surface area (Å²) in [6, 6.07) is 14.5. The molecule has 2 aromatic heterocycles. The van der Waals surface area contributed by atoms with E-state index in [-0.39, 0.29) is 5.82 Å². The van der Waals surface area contributed by atoms with Gasteiger partial charge in [-0.2, -0.15) is 0 Å². The van der Waals surface area contributed by atoms with Crippen LogP contribution in [0.2, 0.25) is 5.02 Å². The zero-order valence-corrected chi connectivity index (χ0v) is 18.1. The SMILES string of the molecule is N[C@H]1CC[C@H](CNc2cc(-c3cccc(NCc4cccc(F)c4)n3)c(Cl)cn2)CC1. The van der Waals surface area contributed by atoms with Crippen LogP contribution >= 0.6 is 11.6 Å². The van der Waals surface area contributed by atoms with Crippen molar-refractivity contribution >= 4 is 23.2 Å². The second kappa shape index (κ2) is 10.1. The van der Waals surface area contributed by atoms with Gasteiger partial charge >= 0.3 is 0 Å². The molecule has 0 saturated heterocycles. The van der Waals surface area contributed by atoms with Crippen LogP contribution in [0.3, 0.4) is 0 Å². The summed E-state index contributed by atoms with van der Waals surface area (Å²) in [5, 5.41) is 7.23. The van der Waals surface area contributed by atoms with Gasteiger partial charge in [0, 0.05) is 30.9 Å². The summed E-state index contributed by atoms with van der Waals surface area (Å²) < 4.78 is 13.4. The van der Waals surface area contributed by atoms with E-state index >= 15 is 0 Å². The van der Waals surface area contributed by atoms with E-state index in [0.717, 1.165) is 54.9 Å². The number of halogens is 2. The highest BCUT2D eigenvalue weighted by atomic mass is 35.5. The van der Waals surface area contributed by atoms with Crippen molar-refractivity contribution in [1.29, 1.82) is 0 Å². The molecule has 1 fully saturated rings. The lowest BCUT2D eigenvalue weighted by Crippen LogP contribution is -2.29. The van der Waals surface area contributed by atoms with Gasteiger partial charge in [0.1, 0.15) is 17.5 Å². The third kappa shape index (κ3) is 5.93. The number of benzene rings is 1. The predicted octanol–water partition coefficient (Wildman–Crippen LogP) is 5.48. The van der Waals surface area contributed by atoms with Crippen LogP contribution in [0, 0.1) is 11.7 Å². The molecule has 162 valence electrons. The van der Waals surface area contributed by atoms with E-state index in [9.17, 15) is 4.39 Å². The smallest absolute Gasteiger partial charge is 0.126 e. The molecule has 0 unspecified atom stereocenters. The number of nitrogens with zero attached hydrogens (tertiary/aromatic N) is 2. The van der Waals surface area contributed by atoms with Crippen LogP contribution in [-0.4, -0.2) is 22.6 Å². The van der Waals surface area contributed by atoms with Crippen molar-refractivity contribution in [3.05, 3.63) is 71.1 Å². The van der Waals surface area contributed by atoms with Crippen molar-refractivity contribution in [3.8, 4) is 11.3 Å². The number of hydrogen-bond acceptors (Lipinski definition) is 5. The molecule has 0 bridgehead atoms. The van der Waals surface area contributed by atoms with E-state index in [0.29, 0.717) is 29.3 Å². The van der Waals surface area contributed by atoms with Crippen molar-refractivity contribution in [3.63, 3.8) is 0 Å². The highest BCUT2D eigenvalue weighted by Gasteiger charge is 2.18. The Balaban J connectivity index is 1.43. The first-order valence-corrected chi connectivity index (χ1v) is 11.1. The molecule has 1 aliphatic rings. The van der Waals surface area contributed by atoms with Crippen LogP contribution < -0.4 is 16.4 Å². The molecule has 1 aliphatic carbocycles. The number of nitrogens with one attached hydrogen (secondary N) is 2. The summed E-state index contributed by atoms with van der Waals surface area (Å²) in [5.74, 6) is 1.85. The molecule has 0 spiro atoms. The van der Waals surface area contributed by atoms with Crippen LogP contribution in [0.15, 0.2) is 54.7 Å². The molecule has 0 aliphatic heterocycles. The van der Waals surface area contributed by atoms with Gasteiger partial charge in [0.05, 0.1) is 10.7 Å². The van der Waals surface area contributed by atoms with Gasteiger partial charge in [-0.1, -0.05) is 29.8 Å². The molecular weight excluding hydrogens is 413 g/mol. The molecule has 0 atom stereocenters. The Kier molecular flexibility index (Phi) is 6.99. The van der Waals surface area contributed by atoms with E-state index < -0.39 is 0 Å². The van der Waals surface area contributed by atoms with Gasteiger partial charge in [-0.3, -0.25) is 0 Å². The first-order valence-electron chi connectivity index (χ1n) is 10.7.